The third kappa shape index (κ3) is 4.16. The van der Waals surface area contributed by atoms with Crippen LogP contribution in [0.15, 0.2) is 5.38 Å². The zero-order valence-corrected chi connectivity index (χ0v) is 12.9. The van der Waals surface area contributed by atoms with E-state index >= 15 is 0 Å². The number of nitrogens with zero attached hydrogens (tertiary/aromatic N) is 2. The van der Waals surface area contributed by atoms with Gasteiger partial charge in [0, 0.05) is 24.9 Å². The number of rotatable bonds is 4. The van der Waals surface area contributed by atoms with Crippen LogP contribution < -0.4 is 5.73 Å². The number of aromatic nitrogens is 1. The maximum atomic E-state index is 12.3. The summed E-state index contributed by atoms with van der Waals surface area (Å²) >= 11 is 1.53. The summed E-state index contributed by atoms with van der Waals surface area (Å²) in [6.45, 7) is 0.583. The van der Waals surface area contributed by atoms with Crippen LogP contribution in [0, 0.1) is 0 Å². The van der Waals surface area contributed by atoms with E-state index in [1.807, 2.05) is 17.3 Å². The fraction of sp³-hybridized carbons (Fsp3) is 0.692. The minimum absolute atomic E-state index is 0. The molecule has 6 heteroatoms. The highest BCUT2D eigenvalue weighted by Crippen LogP contribution is 2.23. The highest BCUT2D eigenvalue weighted by molar-refractivity contribution is 7.09. The molecule has 0 radical (unpaired) electrons. The van der Waals surface area contributed by atoms with Gasteiger partial charge in [-0.2, -0.15) is 0 Å². The molecule has 4 nitrogen and oxygen atoms in total. The number of hydrogen-bond acceptors (Lipinski definition) is 4. The Balaban J connectivity index is 0.00000180. The fourth-order valence-electron chi connectivity index (χ4n) is 2.46. The van der Waals surface area contributed by atoms with Gasteiger partial charge in [0.05, 0.1) is 5.01 Å². The molecule has 1 aromatic heterocycles. The smallest absolute Gasteiger partial charge is 0.273 e. The van der Waals surface area contributed by atoms with Gasteiger partial charge in [0.2, 0.25) is 0 Å². The molecule has 1 amide bonds. The van der Waals surface area contributed by atoms with Crippen LogP contribution in [0.3, 0.4) is 0 Å². The van der Waals surface area contributed by atoms with E-state index in [1.165, 1.54) is 30.6 Å². The van der Waals surface area contributed by atoms with Crippen molar-refractivity contribution >= 4 is 29.7 Å². The van der Waals surface area contributed by atoms with Gasteiger partial charge >= 0.3 is 0 Å². The SMILES string of the molecule is CN(C(=O)c1csc(CCN)n1)C1CCCCC1.Cl. The van der Waals surface area contributed by atoms with Gasteiger partial charge < -0.3 is 10.6 Å². The summed E-state index contributed by atoms with van der Waals surface area (Å²) in [7, 11) is 1.90. The van der Waals surface area contributed by atoms with Crippen molar-refractivity contribution in [3.63, 3.8) is 0 Å². The summed E-state index contributed by atoms with van der Waals surface area (Å²) in [4.78, 5) is 18.5. The molecule has 1 aliphatic carbocycles. The first-order chi connectivity index (χ1) is 8.72. The largest absolute Gasteiger partial charge is 0.337 e. The van der Waals surface area contributed by atoms with Gasteiger partial charge in [-0.3, -0.25) is 4.79 Å². The zero-order valence-electron chi connectivity index (χ0n) is 11.3. The van der Waals surface area contributed by atoms with Crippen molar-refractivity contribution in [2.45, 2.75) is 44.6 Å². The second-order valence-electron chi connectivity index (χ2n) is 4.87. The lowest BCUT2D eigenvalue weighted by molar-refractivity contribution is 0.0691. The van der Waals surface area contributed by atoms with Crippen molar-refractivity contribution in [2.75, 3.05) is 13.6 Å². The van der Waals surface area contributed by atoms with Crippen molar-refractivity contribution in [1.29, 1.82) is 0 Å². The maximum absolute atomic E-state index is 12.3. The summed E-state index contributed by atoms with van der Waals surface area (Å²) in [5, 5.41) is 2.81. The lowest BCUT2D eigenvalue weighted by Gasteiger charge is -2.30. The van der Waals surface area contributed by atoms with E-state index in [9.17, 15) is 4.79 Å². The second-order valence-corrected chi connectivity index (χ2v) is 5.82. The van der Waals surface area contributed by atoms with Crippen LogP contribution >= 0.6 is 23.7 Å². The maximum Gasteiger partial charge on any atom is 0.273 e. The molecule has 1 saturated carbocycles. The van der Waals surface area contributed by atoms with Crippen molar-refractivity contribution in [3.05, 3.63) is 16.1 Å². The predicted octanol–water partition coefficient (Wildman–Crippen LogP) is 2.47. The molecule has 0 aliphatic heterocycles. The summed E-state index contributed by atoms with van der Waals surface area (Å²) in [5.74, 6) is 0.0569. The number of halogens is 1. The number of carbonyl (C=O) groups excluding carboxylic acids is 1. The number of nitrogens with two attached hydrogens (primary N) is 1. The van der Waals surface area contributed by atoms with Gasteiger partial charge in [-0.1, -0.05) is 19.3 Å². The molecule has 0 unspecified atom stereocenters. The summed E-state index contributed by atoms with van der Waals surface area (Å²) < 4.78 is 0. The third-order valence-electron chi connectivity index (χ3n) is 3.57. The van der Waals surface area contributed by atoms with Crippen molar-refractivity contribution in [2.24, 2.45) is 5.73 Å². The first-order valence-electron chi connectivity index (χ1n) is 6.64. The predicted molar refractivity (Wildman–Crippen MR) is 81.1 cm³/mol. The first-order valence-corrected chi connectivity index (χ1v) is 7.52. The topological polar surface area (TPSA) is 59.2 Å². The molecular formula is C13H22ClN3OS. The van der Waals surface area contributed by atoms with Crippen LogP contribution in [0.2, 0.25) is 0 Å². The molecule has 19 heavy (non-hydrogen) atoms. The average molecular weight is 304 g/mol. The van der Waals surface area contributed by atoms with E-state index in [1.54, 1.807) is 0 Å². The van der Waals surface area contributed by atoms with Crippen molar-refractivity contribution in [3.8, 4) is 0 Å². The molecule has 0 atom stereocenters. The van der Waals surface area contributed by atoms with Gasteiger partial charge in [-0.25, -0.2) is 4.98 Å². The molecule has 0 spiro atoms. The van der Waals surface area contributed by atoms with Crippen LogP contribution in [0.1, 0.15) is 47.6 Å². The van der Waals surface area contributed by atoms with E-state index < -0.39 is 0 Å². The van der Waals surface area contributed by atoms with E-state index in [0.717, 1.165) is 24.3 Å². The van der Waals surface area contributed by atoms with E-state index in [-0.39, 0.29) is 18.3 Å². The van der Waals surface area contributed by atoms with Crippen LogP contribution in [0.25, 0.3) is 0 Å². The Morgan fingerprint density at radius 3 is 2.79 bits per heavy atom. The third-order valence-corrected chi connectivity index (χ3v) is 4.48. The monoisotopic (exact) mass is 303 g/mol. The first kappa shape index (κ1) is 16.4. The number of amides is 1. The van der Waals surface area contributed by atoms with Gasteiger partial charge in [0.25, 0.3) is 5.91 Å². The summed E-state index contributed by atoms with van der Waals surface area (Å²) in [5.41, 5.74) is 6.07. The van der Waals surface area contributed by atoms with Crippen LogP contribution in [0.4, 0.5) is 0 Å². The number of carbonyl (C=O) groups is 1. The van der Waals surface area contributed by atoms with Gasteiger partial charge in [-0.15, -0.1) is 23.7 Å². The molecule has 1 aliphatic rings. The van der Waals surface area contributed by atoms with Crippen molar-refractivity contribution in [1.82, 2.24) is 9.88 Å². The van der Waals surface area contributed by atoms with Crippen LogP contribution in [0.5, 0.6) is 0 Å². The lowest BCUT2D eigenvalue weighted by atomic mass is 9.94. The minimum Gasteiger partial charge on any atom is -0.337 e. The highest BCUT2D eigenvalue weighted by Gasteiger charge is 2.24. The lowest BCUT2D eigenvalue weighted by Crippen LogP contribution is -2.38. The Bertz CT molecular complexity index is 404. The Morgan fingerprint density at radius 2 is 2.16 bits per heavy atom. The summed E-state index contributed by atoms with van der Waals surface area (Å²) in [6.07, 6.45) is 6.78. The molecule has 1 heterocycles. The molecule has 0 saturated heterocycles. The normalized spacial score (nSPS) is 15.9. The minimum atomic E-state index is 0. The Hall–Kier alpha value is -0.650. The van der Waals surface area contributed by atoms with Gasteiger partial charge in [-0.05, 0) is 19.4 Å². The van der Waals surface area contributed by atoms with E-state index in [2.05, 4.69) is 4.98 Å². The standard InChI is InChI=1S/C13H21N3OS.ClH/c1-16(10-5-3-2-4-6-10)13(17)11-9-18-12(15-11)7-8-14;/h9-10H,2-8,14H2,1H3;1H. The molecule has 108 valence electrons. The molecule has 0 aromatic carbocycles. The van der Waals surface area contributed by atoms with E-state index in [4.69, 9.17) is 5.73 Å². The summed E-state index contributed by atoms with van der Waals surface area (Å²) in [6, 6.07) is 0.394. The Kier molecular flexibility index (Phi) is 6.75. The van der Waals surface area contributed by atoms with Crippen LogP contribution in [-0.2, 0) is 6.42 Å². The Labute approximate surface area is 124 Å². The van der Waals surface area contributed by atoms with Crippen molar-refractivity contribution < 1.29 is 4.79 Å². The van der Waals surface area contributed by atoms with Crippen LogP contribution in [-0.4, -0.2) is 35.4 Å². The molecule has 2 N–H and O–H groups in total. The molecule has 2 rings (SSSR count). The molecular weight excluding hydrogens is 282 g/mol. The second kappa shape index (κ2) is 7.82. The quantitative estimate of drug-likeness (QED) is 0.929. The number of thiazole rings is 1. The van der Waals surface area contributed by atoms with E-state index in [0.29, 0.717) is 18.3 Å². The molecule has 0 bridgehead atoms. The molecule has 1 fully saturated rings. The Morgan fingerprint density at radius 1 is 1.47 bits per heavy atom. The number of hydrogen-bond donors (Lipinski definition) is 1. The fourth-order valence-corrected chi connectivity index (χ4v) is 3.25. The highest BCUT2D eigenvalue weighted by atomic mass is 35.5. The average Bonchev–Trinajstić information content (AvgIpc) is 2.87. The van der Waals surface area contributed by atoms with Gasteiger partial charge in [0.15, 0.2) is 0 Å². The molecule has 1 aromatic rings. The zero-order chi connectivity index (χ0) is 13.0. The van der Waals surface area contributed by atoms with Gasteiger partial charge in [0.1, 0.15) is 5.69 Å².